The molecule has 1 aromatic heterocycles. The number of H-pyrrole nitrogens is 1. The molecule has 0 radical (unpaired) electrons. The van der Waals surface area contributed by atoms with Crippen LogP contribution in [0.4, 0.5) is 11.4 Å². The highest BCUT2D eigenvalue weighted by atomic mass is 16.1. The number of aryl methyl sites for hydroxylation is 1. The molecule has 0 bridgehead atoms. The standard InChI is InChI=1S/C14H18N4O/c1-3-14(19)18-12-6-4-5-11(7-12)15-8-13-10(2)16-9-17-13/h4-7,9,15H,3,8H2,1-2H3,(H,16,17)(H,18,19). The van der Waals surface area contributed by atoms with E-state index in [-0.39, 0.29) is 5.91 Å². The molecule has 0 spiro atoms. The monoisotopic (exact) mass is 258 g/mol. The molecule has 0 unspecified atom stereocenters. The summed E-state index contributed by atoms with van der Waals surface area (Å²) >= 11 is 0. The lowest BCUT2D eigenvalue weighted by Crippen LogP contribution is -2.09. The number of aromatic amines is 1. The van der Waals surface area contributed by atoms with Crippen molar-refractivity contribution in [1.82, 2.24) is 9.97 Å². The number of hydrogen-bond donors (Lipinski definition) is 3. The lowest BCUT2D eigenvalue weighted by molar-refractivity contribution is -0.115. The Bertz CT molecular complexity index is 562. The van der Waals surface area contributed by atoms with E-state index < -0.39 is 0 Å². The van der Waals surface area contributed by atoms with Gasteiger partial charge >= 0.3 is 0 Å². The SMILES string of the molecule is CCC(=O)Nc1cccc(NCc2nc[nH]c2C)c1. The maximum atomic E-state index is 11.3. The lowest BCUT2D eigenvalue weighted by Gasteiger charge is -2.08. The van der Waals surface area contributed by atoms with Crippen LogP contribution in [-0.4, -0.2) is 15.9 Å². The van der Waals surface area contributed by atoms with Gasteiger partial charge in [-0.1, -0.05) is 13.0 Å². The minimum atomic E-state index is 0.0142. The van der Waals surface area contributed by atoms with Crippen LogP contribution in [0.5, 0.6) is 0 Å². The van der Waals surface area contributed by atoms with Gasteiger partial charge in [-0.15, -0.1) is 0 Å². The smallest absolute Gasteiger partial charge is 0.224 e. The van der Waals surface area contributed by atoms with Gasteiger partial charge in [-0.2, -0.15) is 0 Å². The van der Waals surface area contributed by atoms with Crippen LogP contribution in [-0.2, 0) is 11.3 Å². The molecule has 0 fully saturated rings. The van der Waals surface area contributed by atoms with Crippen molar-refractivity contribution < 1.29 is 4.79 Å². The van der Waals surface area contributed by atoms with Crippen molar-refractivity contribution in [3.05, 3.63) is 42.0 Å². The second kappa shape index (κ2) is 6.04. The van der Waals surface area contributed by atoms with Crippen LogP contribution in [0, 0.1) is 6.92 Å². The number of carbonyl (C=O) groups excluding carboxylic acids is 1. The molecule has 19 heavy (non-hydrogen) atoms. The highest BCUT2D eigenvalue weighted by molar-refractivity contribution is 5.90. The first-order chi connectivity index (χ1) is 9.19. The first kappa shape index (κ1) is 13.1. The van der Waals surface area contributed by atoms with E-state index >= 15 is 0 Å². The van der Waals surface area contributed by atoms with Gasteiger partial charge in [0.1, 0.15) is 0 Å². The van der Waals surface area contributed by atoms with E-state index in [2.05, 4.69) is 20.6 Å². The predicted octanol–water partition coefficient (Wildman–Crippen LogP) is 2.68. The molecular weight excluding hydrogens is 240 g/mol. The topological polar surface area (TPSA) is 69.8 Å². The Balaban J connectivity index is 1.99. The van der Waals surface area contributed by atoms with Crippen molar-refractivity contribution in [2.45, 2.75) is 26.8 Å². The third-order valence-corrected chi connectivity index (χ3v) is 2.86. The Hall–Kier alpha value is -2.30. The highest BCUT2D eigenvalue weighted by Crippen LogP contribution is 2.16. The number of nitrogens with zero attached hydrogens (tertiary/aromatic N) is 1. The van der Waals surface area contributed by atoms with Crippen molar-refractivity contribution >= 4 is 17.3 Å². The molecule has 2 rings (SSSR count). The van der Waals surface area contributed by atoms with E-state index in [4.69, 9.17) is 0 Å². The maximum Gasteiger partial charge on any atom is 0.224 e. The zero-order valence-corrected chi connectivity index (χ0v) is 11.2. The Morgan fingerprint density at radius 2 is 2.16 bits per heavy atom. The third kappa shape index (κ3) is 3.58. The molecule has 1 heterocycles. The first-order valence-corrected chi connectivity index (χ1v) is 6.31. The fraction of sp³-hybridized carbons (Fsp3) is 0.286. The van der Waals surface area contributed by atoms with E-state index in [1.165, 1.54) is 0 Å². The number of hydrogen-bond acceptors (Lipinski definition) is 3. The number of carbonyl (C=O) groups is 1. The second-order valence-corrected chi connectivity index (χ2v) is 4.31. The number of aromatic nitrogens is 2. The summed E-state index contributed by atoms with van der Waals surface area (Å²) in [5.41, 5.74) is 3.80. The molecule has 0 aliphatic carbocycles. The zero-order chi connectivity index (χ0) is 13.7. The average Bonchev–Trinajstić information content (AvgIpc) is 2.82. The van der Waals surface area contributed by atoms with Crippen LogP contribution in [0.2, 0.25) is 0 Å². The van der Waals surface area contributed by atoms with E-state index in [9.17, 15) is 4.79 Å². The summed E-state index contributed by atoms with van der Waals surface area (Å²) in [5.74, 6) is 0.0142. The van der Waals surface area contributed by atoms with Gasteiger partial charge in [-0.05, 0) is 25.1 Å². The fourth-order valence-electron chi connectivity index (χ4n) is 1.71. The van der Waals surface area contributed by atoms with Gasteiger partial charge in [0.05, 0.1) is 18.6 Å². The van der Waals surface area contributed by atoms with Crippen LogP contribution < -0.4 is 10.6 Å². The number of amides is 1. The van der Waals surface area contributed by atoms with Crippen LogP contribution >= 0.6 is 0 Å². The lowest BCUT2D eigenvalue weighted by atomic mass is 10.2. The Labute approximate surface area is 112 Å². The molecule has 0 saturated carbocycles. The van der Waals surface area contributed by atoms with Crippen LogP contribution in [0.15, 0.2) is 30.6 Å². The molecule has 1 amide bonds. The summed E-state index contributed by atoms with van der Waals surface area (Å²) in [5, 5.41) is 6.12. The summed E-state index contributed by atoms with van der Waals surface area (Å²) < 4.78 is 0. The molecule has 0 atom stereocenters. The van der Waals surface area contributed by atoms with Gasteiger partial charge < -0.3 is 15.6 Å². The number of benzene rings is 1. The molecule has 5 heteroatoms. The molecule has 3 N–H and O–H groups in total. The molecule has 0 aliphatic rings. The summed E-state index contributed by atoms with van der Waals surface area (Å²) in [7, 11) is 0. The minimum absolute atomic E-state index is 0.0142. The highest BCUT2D eigenvalue weighted by Gasteiger charge is 2.02. The van der Waals surface area contributed by atoms with Crippen LogP contribution in [0.1, 0.15) is 24.7 Å². The molecular formula is C14H18N4O. The third-order valence-electron chi connectivity index (χ3n) is 2.86. The Morgan fingerprint density at radius 1 is 1.37 bits per heavy atom. The summed E-state index contributed by atoms with van der Waals surface area (Å²) in [6.07, 6.45) is 2.16. The Kier molecular flexibility index (Phi) is 4.18. The van der Waals surface area contributed by atoms with Crippen molar-refractivity contribution in [3.63, 3.8) is 0 Å². The summed E-state index contributed by atoms with van der Waals surface area (Å²) in [6.45, 7) is 4.47. The van der Waals surface area contributed by atoms with E-state index in [0.29, 0.717) is 13.0 Å². The Morgan fingerprint density at radius 3 is 2.84 bits per heavy atom. The number of rotatable bonds is 5. The van der Waals surface area contributed by atoms with Crippen LogP contribution in [0.3, 0.4) is 0 Å². The largest absolute Gasteiger partial charge is 0.379 e. The number of nitrogens with one attached hydrogen (secondary N) is 3. The van der Waals surface area contributed by atoms with E-state index in [0.717, 1.165) is 22.8 Å². The van der Waals surface area contributed by atoms with Gasteiger partial charge in [0.15, 0.2) is 0 Å². The van der Waals surface area contributed by atoms with Gasteiger partial charge in [-0.3, -0.25) is 4.79 Å². The van der Waals surface area contributed by atoms with E-state index in [1.54, 1.807) is 6.33 Å². The summed E-state index contributed by atoms with van der Waals surface area (Å²) in [4.78, 5) is 18.6. The van der Waals surface area contributed by atoms with Gasteiger partial charge in [0.25, 0.3) is 0 Å². The van der Waals surface area contributed by atoms with Gasteiger partial charge in [0, 0.05) is 23.5 Å². The molecule has 2 aromatic rings. The predicted molar refractivity (Wildman–Crippen MR) is 76.0 cm³/mol. The van der Waals surface area contributed by atoms with Gasteiger partial charge in [0.2, 0.25) is 5.91 Å². The quantitative estimate of drug-likeness (QED) is 0.772. The zero-order valence-electron chi connectivity index (χ0n) is 11.2. The minimum Gasteiger partial charge on any atom is -0.379 e. The van der Waals surface area contributed by atoms with Crippen molar-refractivity contribution in [2.24, 2.45) is 0 Å². The molecule has 0 saturated heterocycles. The number of anilines is 2. The molecule has 5 nitrogen and oxygen atoms in total. The maximum absolute atomic E-state index is 11.3. The molecule has 0 aliphatic heterocycles. The fourth-order valence-corrected chi connectivity index (χ4v) is 1.71. The second-order valence-electron chi connectivity index (χ2n) is 4.31. The molecule has 100 valence electrons. The van der Waals surface area contributed by atoms with Crippen molar-refractivity contribution in [3.8, 4) is 0 Å². The summed E-state index contributed by atoms with van der Waals surface area (Å²) in [6, 6.07) is 7.66. The van der Waals surface area contributed by atoms with Crippen LogP contribution in [0.25, 0.3) is 0 Å². The van der Waals surface area contributed by atoms with E-state index in [1.807, 2.05) is 38.1 Å². The van der Waals surface area contributed by atoms with Gasteiger partial charge in [-0.25, -0.2) is 4.98 Å². The van der Waals surface area contributed by atoms with Crippen molar-refractivity contribution in [2.75, 3.05) is 10.6 Å². The van der Waals surface area contributed by atoms with Crippen molar-refractivity contribution in [1.29, 1.82) is 0 Å². The normalized spacial score (nSPS) is 10.2. The number of imidazole rings is 1. The molecule has 1 aromatic carbocycles. The first-order valence-electron chi connectivity index (χ1n) is 6.31. The average molecular weight is 258 g/mol.